The van der Waals surface area contributed by atoms with Gasteiger partial charge in [0.15, 0.2) is 11.5 Å². The van der Waals surface area contributed by atoms with E-state index in [1.165, 1.54) is 25.7 Å². The van der Waals surface area contributed by atoms with Crippen molar-refractivity contribution in [3.8, 4) is 11.5 Å². The van der Waals surface area contributed by atoms with E-state index < -0.39 is 0 Å². The molecule has 1 aliphatic carbocycles. The molecule has 0 saturated heterocycles. The van der Waals surface area contributed by atoms with Crippen molar-refractivity contribution in [3.63, 3.8) is 0 Å². The van der Waals surface area contributed by atoms with E-state index in [9.17, 15) is 5.11 Å². The van der Waals surface area contributed by atoms with Crippen LogP contribution < -0.4 is 4.74 Å². The van der Waals surface area contributed by atoms with Crippen LogP contribution in [-0.4, -0.2) is 30.7 Å². The number of ether oxygens (including phenoxy) is 1. The molecule has 3 nitrogen and oxygen atoms in total. The summed E-state index contributed by atoms with van der Waals surface area (Å²) in [4.78, 5) is 2.34. The Labute approximate surface area is 109 Å². The Morgan fingerprint density at radius 1 is 1.33 bits per heavy atom. The van der Waals surface area contributed by atoms with Crippen LogP contribution in [0.5, 0.6) is 11.5 Å². The van der Waals surface area contributed by atoms with Crippen molar-refractivity contribution in [2.24, 2.45) is 5.92 Å². The quantitative estimate of drug-likeness (QED) is 0.870. The molecule has 0 heterocycles. The zero-order chi connectivity index (χ0) is 13.0. The van der Waals surface area contributed by atoms with Gasteiger partial charge in [-0.05, 0) is 43.5 Å². The standard InChI is InChI=1S/C15H23NO2/c1-16(10-12-5-3-4-6-12)11-13-7-8-15(18-2)14(17)9-13/h7-9,12,17H,3-6,10-11H2,1-2H3. The van der Waals surface area contributed by atoms with Crippen molar-refractivity contribution < 1.29 is 9.84 Å². The molecule has 18 heavy (non-hydrogen) atoms. The summed E-state index contributed by atoms with van der Waals surface area (Å²) in [5.41, 5.74) is 1.13. The minimum Gasteiger partial charge on any atom is -0.504 e. The van der Waals surface area contributed by atoms with Crippen LogP contribution in [0, 0.1) is 5.92 Å². The van der Waals surface area contributed by atoms with E-state index in [0.717, 1.165) is 24.6 Å². The van der Waals surface area contributed by atoms with Crippen molar-refractivity contribution in [1.29, 1.82) is 0 Å². The van der Waals surface area contributed by atoms with Crippen LogP contribution in [0.3, 0.4) is 0 Å². The molecule has 3 heteroatoms. The fourth-order valence-corrected chi connectivity index (χ4v) is 2.84. The largest absolute Gasteiger partial charge is 0.504 e. The molecule has 1 aliphatic rings. The van der Waals surface area contributed by atoms with Gasteiger partial charge in [-0.3, -0.25) is 0 Å². The minimum atomic E-state index is 0.226. The topological polar surface area (TPSA) is 32.7 Å². The number of methoxy groups -OCH3 is 1. The number of benzene rings is 1. The van der Waals surface area contributed by atoms with E-state index in [4.69, 9.17) is 4.74 Å². The van der Waals surface area contributed by atoms with Crippen molar-refractivity contribution in [2.75, 3.05) is 20.7 Å². The van der Waals surface area contributed by atoms with Crippen LogP contribution in [-0.2, 0) is 6.54 Å². The van der Waals surface area contributed by atoms with E-state index in [2.05, 4.69) is 11.9 Å². The molecule has 1 N–H and O–H groups in total. The van der Waals surface area contributed by atoms with Gasteiger partial charge in [0.25, 0.3) is 0 Å². The lowest BCUT2D eigenvalue weighted by Gasteiger charge is -2.21. The predicted molar refractivity (Wildman–Crippen MR) is 73.0 cm³/mol. The van der Waals surface area contributed by atoms with E-state index in [1.807, 2.05) is 12.1 Å². The molecule has 0 radical (unpaired) electrons. The lowest BCUT2D eigenvalue weighted by Crippen LogP contribution is -2.24. The second kappa shape index (κ2) is 6.10. The summed E-state index contributed by atoms with van der Waals surface area (Å²) in [7, 11) is 3.72. The van der Waals surface area contributed by atoms with Gasteiger partial charge in [0.05, 0.1) is 7.11 Å². The maximum absolute atomic E-state index is 9.74. The molecule has 100 valence electrons. The van der Waals surface area contributed by atoms with Gasteiger partial charge in [0.2, 0.25) is 0 Å². The van der Waals surface area contributed by atoms with Crippen molar-refractivity contribution in [2.45, 2.75) is 32.2 Å². The molecular formula is C15H23NO2. The first-order valence-electron chi connectivity index (χ1n) is 6.73. The minimum absolute atomic E-state index is 0.226. The van der Waals surface area contributed by atoms with Gasteiger partial charge in [-0.1, -0.05) is 18.9 Å². The molecule has 0 spiro atoms. The summed E-state index contributed by atoms with van der Waals surface area (Å²) in [6.45, 7) is 2.04. The lowest BCUT2D eigenvalue weighted by atomic mass is 10.1. The van der Waals surface area contributed by atoms with Crippen LogP contribution in [0.1, 0.15) is 31.2 Å². The van der Waals surface area contributed by atoms with Gasteiger partial charge in [-0.2, -0.15) is 0 Å². The fraction of sp³-hybridized carbons (Fsp3) is 0.600. The summed E-state index contributed by atoms with van der Waals surface area (Å²) < 4.78 is 5.05. The first kappa shape index (κ1) is 13.2. The summed E-state index contributed by atoms with van der Waals surface area (Å²) >= 11 is 0. The zero-order valence-corrected chi connectivity index (χ0v) is 11.4. The number of aromatic hydroxyl groups is 1. The Balaban J connectivity index is 1.89. The summed E-state index contributed by atoms with van der Waals surface area (Å²) in [6.07, 6.45) is 5.53. The molecule has 0 aromatic heterocycles. The molecular weight excluding hydrogens is 226 g/mol. The number of nitrogens with zero attached hydrogens (tertiary/aromatic N) is 1. The highest BCUT2D eigenvalue weighted by Crippen LogP contribution is 2.28. The van der Waals surface area contributed by atoms with E-state index in [0.29, 0.717) is 5.75 Å². The third kappa shape index (κ3) is 3.39. The lowest BCUT2D eigenvalue weighted by molar-refractivity contribution is 0.270. The van der Waals surface area contributed by atoms with Gasteiger partial charge < -0.3 is 14.7 Å². The Morgan fingerprint density at radius 2 is 2.06 bits per heavy atom. The molecule has 1 fully saturated rings. The van der Waals surface area contributed by atoms with Gasteiger partial charge in [-0.25, -0.2) is 0 Å². The average Bonchev–Trinajstić information content (AvgIpc) is 2.82. The summed E-state index contributed by atoms with van der Waals surface area (Å²) in [5.74, 6) is 1.63. The Bertz CT molecular complexity index is 386. The van der Waals surface area contributed by atoms with Crippen LogP contribution in [0.15, 0.2) is 18.2 Å². The average molecular weight is 249 g/mol. The highest BCUT2D eigenvalue weighted by Gasteiger charge is 2.16. The molecule has 0 atom stereocenters. The molecule has 2 rings (SSSR count). The third-order valence-electron chi connectivity index (χ3n) is 3.74. The van der Waals surface area contributed by atoms with Crippen molar-refractivity contribution >= 4 is 0 Å². The van der Waals surface area contributed by atoms with Gasteiger partial charge in [0.1, 0.15) is 0 Å². The number of phenolic OH excluding ortho intramolecular Hbond substituents is 1. The highest BCUT2D eigenvalue weighted by molar-refractivity contribution is 5.41. The first-order chi connectivity index (χ1) is 8.69. The normalized spacial score (nSPS) is 16.4. The van der Waals surface area contributed by atoms with Gasteiger partial charge in [-0.15, -0.1) is 0 Å². The number of hydrogen-bond acceptors (Lipinski definition) is 3. The second-order valence-electron chi connectivity index (χ2n) is 5.35. The molecule has 0 bridgehead atoms. The summed E-state index contributed by atoms with van der Waals surface area (Å²) in [6, 6.07) is 5.64. The van der Waals surface area contributed by atoms with Crippen molar-refractivity contribution in [1.82, 2.24) is 4.90 Å². The molecule has 1 aromatic rings. The van der Waals surface area contributed by atoms with Crippen LogP contribution in [0.25, 0.3) is 0 Å². The second-order valence-corrected chi connectivity index (χ2v) is 5.35. The number of hydrogen-bond donors (Lipinski definition) is 1. The maximum atomic E-state index is 9.74. The monoisotopic (exact) mass is 249 g/mol. The van der Waals surface area contributed by atoms with E-state index >= 15 is 0 Å². The molecule has 0 aliphatic heterocycles. The Hall–Kier alpha value is -1.22. The highest BCUT2D eigenvalue weighted by atomic mass is 16.5. The SMILES string of the molecule is COc1ccc(CN(C)CC2CCCC2)cc1O. The van der Waals surface area contributed by atoms with E-state index in [-0.39, 0.29) is 5.75 Å². The Morgan fingerprint density at radius 3 is 2.67 bits per heavy atom. The molecule has 1 aromatic carbocycles. The molecule has 0 unspecified atom stereocenters. The molecule has 0 amide bonds. The fourth-order valence-electron chi connectivity index (χ4n) is 2.84. The zero-order valence-electron chi connectivity index (χ0n) is 11.4. The van der Waals surface area contributed by atoms with Gasteiger partial charge in [0, 0.05) is 13.1 Å². The Kier molecular flexibility index (Phi) is 4.48. The van der Waals surface area contributed by atoms with Gasteiger partial charge >= 0.3 is 0 Å². The van der Waals surface area contributed by atoms with Crippen molar-refractivity contribution in [3.05, 3.63) is 23.8 Å². The number of rotatable bonds is 5. The predicted octanol–water partition coefficient (Wildman–Crippen LogP) is 3.02. The van der Waals surface area contributed by atoms with Crippen LogP contribution >= 0.6 is 0 Å². The number of phenols is 1. The summed E-state index contributed by atoms with van der Waals surface area (Å²) in [5, 5.41) is 9.74. The maximum Gasteiger partial charge on any atom is 0.160 e. The third-order valence-corrected chi connectivity index (χ3v) is 3.74. The van der Waals surface area contributed by atoms with Crippen LogP contribution in [0.4, 0.5) is 0 Å². The van der Waals surface area contributed by atoms with E-state index in [1.54, 1.807) is 13.2 Å². The van der Waals surface area contributed by atoms with Crippen LogP contribution in [0.2, 0.25) is 0 Å². The molecule has 1 saturated carbocycles. The smallest absolute Gasteiger partial charge is 0.160 e. The first-order valence-corrected chi connectivity index (χ1v) is 6.73.